The van der Waals surface area contributed by atoms with Crippen LogP contribution in [0.15, 0.2) is 184 Å². The molecule has 8 heterocycles. The molecule has 8 aromatic rings. The molecule has 0 amide bonds. The highest BCUT2D eigenvalue weighted by atomic mass is 33.1. The van der Waals surface area contributed by atoms with Crippen LogP contribution in [0.25, 0.3) is 0 Å². The molecule has 12 rings (SSSR count). The van der Waals surface area contributed by atoms with E-state index in [2.05, 4.69) is 159 Å². The zero-order valence-electron chi connectivity index (χ0n) is 72.0. The van der Waals surface area contributed by atoms with Gasteiger partial charge in [0.05, 0.1) is 50.8 Å². The van der Waals surface area contributed by atoms with Crippen LogP contribution in [0.4, 0.5) is 0 Å². The Bertz CT molecular complexity index is 4750. The van der Waals surface area contributed by atoms with Gasteiger partial charge in [-0.05, 0) is 111 Å². The molecule has 4 saturated heterocycles. The van der Waals surface area contributed by atoms with Crippen molar-refractivity contribution in [1.29, 1.82) is 0 Å². The lowest BCUT2D eigenvalue weighted by atomic mass is 10.2. The number of aliphatic hydroxyl groups is 2. The Morgan fingerprint density at radius 3 is 0.770 bits per heavy atom. The summed E-state index contributed by atoms with van der Waals surface area (Å²) in [5.41, 5.74) is -2.10. The molecule has 4 fully saturated rings. The van der Waals surface area contributed by atoms with Crippen LogP contribution in [0, 0.1) is 27.7 Å². The van der Waals surface area contributed by atoms with Crippen molar-refractivity contribution >= 4 is 124 Å². The van der Waals surface area contributed by atoms with Gasteiger partial charge in [0.25, 0.3) is 38.9 Å². The number of hydrogen-bond donors (Lipinski definition) is 6. The van der Waals surface area contributed by atoms with Crippen LogP contribution in [0.2, 0.25) is 10.1 Å². The van der Waals surface area contributed by atoms with E-state index >= 15 is 0 Å². The van der Waals surface area contributed by atoms with E-state index in [1.807, 2.05) is 77.0 Å². The molecule has 0 bridgehead atoms. The number of aromatic amines is 4. The quantitative estimate of drug-likeness (QED) is 0.0130. The summed E-state index contributed by atoms with van der Waals surface area (Å²) in [7, 11) is 7.33. The number of aromatic nitrogens is 8. The fourth-order valence-corrected chi connectivity index (χ4v) is 30.2. The number of hydrogen-bond acceptors (Lipinski definition) is 28. The predicted octanol–water partition coefficient (Wildman–Crippen LogP) is 10.6. The van der Waals surface area contributed by atoms with Gasteiger partial charge in [-0.3, -0.25) is 57.4 Å². The summed E-state index contributed by atoms with van der Waals surface area (Å²) in [6.45, 7) is 28.2. The highest BCUT2D eigenvalue weighted by molar-refractivity contribution is 8.77. The van der Waals surface area contributed by atoms with Crippen molar-refractivity contribution in [2.45, 2.75) is 228 Å². The zero-order valence-corrected chi connectivity index (χ0v) is 80.6. The third kappa shape index (κ3) is 25.4. The Labute approximate surface area is 744 Å². The lowest BCUT2D eigenvalue weighted by molar-refractivity contribution is -0.0645. The minimum Gasteiger partial charge on any atom is -0.405 e. The van der Waals surface area contributed by atoms with Crippen molar-refractivity contribution < 1.29 is 57.0 Å². The van der Waals surface area contributed by atoms with E-state index in [1.54, 1.807) is 126 Å². The molecular formula is C84H116N8O20S8Si2. The third-order valence-electron chi connectivity index (χ3n) is 21.1. The molecule has 28 nitrogen and oxygen atoms in total. The smallest absolute Gasteiger partial charge is 0.330 e. The molecule has 0 spiro atoms. The number of H-pyrrole nitrogens is 4. The molecule has 0 radical (unpaired) electrons. The number of aliphatic hydroxyl groups excluding tert-OH is 2. The fraction of sp³-hybridized carbons (Fsp3) is 0.524. The second kappa shape index (κ2) is 46.4. The summed E-state index contributed by atoms with van der Waals surface area (Å²) < 4.78 is 68.9. The van der Waals surface area contributed by atoms with E-state index in [4.69, 9.17) is 46.7 Å². The predicted molar refractivity (Wildman–Crippen MR) is 501 cm³/mol. The SMILES string of the molecule is CSS[C@@H](C)O[C@@H]1C[C@H](n2cc(C)c(=O)[nH]c2=O)O[C@@H]1CO.CSS[C@@H](C)O[C@@H]1C[C@H](n2cc(C)c(=O)[nH]c2=O)O[C@@H]1CO[Si](c1ccccc1)(c1ccccc1)C(C)(C)C.CSS[C@H](C)O[C@@H]1C[C@H](n2cc(C)c(=O)[nH]c2=O)O[C@@H]1CO.CSS[C@H](C)O[C@@H]1C[C@H](n2cc(C)c(=O)[nH]c2=O)O[C@@H]1CO[Si](c1ccccc1)(c1ccccc1)C(C)(C)C. The summed E-state index contributed by atoms with van der Waals surface area (Å²) in [4.78, 5) is 105. The van der Waals surface area contributed by atoms with Gasteiger partial charge in [0.2, 0.25) is 0 Å². The van der Waals surface area contributed by atoms with Gasteiger partial charge in [-0.2, -0.15) is 0 Å². The number of rotatable bonds is 32. The van der Waals surface area contributed by atoms with E-state index in [9.17, 15) is 48.6 Å². The molecule has 122 heavy (non-hydrogen) atoms. The molecular weight excluding hydrogens is 1750 g/mol. The maximum atomic E-state index is 12.7. The lowest BCUT2D eigenvalue weighted by Crippen LogP contribution is -2.67. The van der Waals surface area contributed by atoms with Crippen molar-refractivity contribution in [3.63, 3.8) is 0 Å². The van der Waals surface area contributed by atoms with Gasteiger partial charge in [-0.15, -0.1) is 0 Å². The van der Waals surface area contributed by atoms with Gasteiger partial charge < -0.3 is 57.0 Å². The molecule has 668 valence electrons. The standard InChI is InChI=1S/2C29H38N2O5S2Si.2C13H20N2O5S2/c2*1-20-18-31(28(33)30-27(20)32)26-17-24(35-21(2)38-37-6)25(36-26)19-34-39(29(3,4)5,22-13-9-7-10-14-22)23-15-11-8-12-16-23;2*1-7-5-15(13(18)14-12(7)17)11-4-9(10(6-16)20-11)19-8(2)22-21-3/h2*7-16,18,21,24-26H,17,19H2,1-6H3,(H,30,32,33);2*5,8-11,16H,4,6H2,1-3H3,(H,14,17,18)/t21-,24+,25+,26+;21-,24-,25-,26-;8-,9+,10+,11+;8-,9-,10-,11-/m0101/s1. The van der Waals surface area contributed by atoms with Crippen molar-refractivity contribution in [3.05, 3.63) is 252 Å². The van der Waals surface area contributed by atoms with Crippen molar-refractivity contribution in [2.75, 3.05) is 51.5 Å². The van der Waals surface area contributed by atoms with Crippen LogP contribution in [-0.4, -0.2) is 187 Å². The average Bonchev–Trinajstić information content (AvgIpc) is 0.818. The van der Waals surface area contributed by atoms with E-state index in [0.29, 0.717) is 61.2 Å². The number of nitrogens with one attached hydrogen (secondary N) is 4. The molecule has 0 saturated carbocycles. The van der Waals surface area contributed by atoms with Crippen LogP contribution in [0.1, 0.15) is 142 Å². The molecule has 4 aromatic carbocycles. The molecule has 0 aliphatic carbocycles. The number of nitrogens with zero attached hydrogens (tertiary/aromatic N) is 4. The Morgan fingerprint density at radius 1 is 0.369 bits per heavy atom. The second-order valence-corrected chi connectivity index (χ2v) is 51.4. The number of aryl methyl sites for hydroxylation is 4. The number of ether oxygens (including phenoxy) is 8. The van der Waals surface area contributed by atoms with Crippen LogP contribution < -0.4 is 65.7 Å². The van der Waals surface area contributed by atoms with Gasteiger partial charge in [0.1, 0.15) is 71.1 Å². The van der Waals surface area contributed by atoms with Crippen molar-refractivity contribution in [1.82, 2.24) is 38.2 Å². The van der Waals surface area contributed by atoms with E-state index in [0.717, 1.165) is 0 Å². The van der Waals surface area contributed by atoms with Crippen LogP contribution in [0.5, 0.6) is 0 Å². The van der Waals surface area contributed by atoms with E-state index < -0.39 is 111 Å². The molecule has 4 aliphatic rings. The summed E-state index contributed by atoms with van der Waals surface area (Å²) in [5, 5.41) is 23.3. The highest BCUT2D eigenvalue weighted by Crippen LogP contribution is 2.43. The summed E-state index contributed by atoms with van der Waals surface area (Å²) in [5.74, 6) is 0. The second-order valence-electron chi connectivity index (χ2n) is 31.7. The lowest BCUT2D eigenvalue weighted by Gasteiger charge is -2.43. The summed E-state index contributed by atoms with van der Waals surface area (Å²) in [6.07, 6.45) is 10.6. The molecule has 4 aliphatic heterocycles. The molecule has 16 atom stereocenters. The first-order valence-electron chi connectivity index (χ1n) is 40.1. The fourth-order valence-electron chi connectivity index (χ4n) is 15.4. The zero-order chi connectivity index (χ0) is 89.0. The van der Waals surface area contributed by atoms with Crippen molar-refractivity contribution in [2.24, 2.45) is 0 Å². The van der Waals surface area contributed by atoms with Gasteiger partial charge >= 0.3 is 22.8 Å². The van der Waals surface area contributed by atoms with Crippen LogP contribution >= 0.6 is 86.4 Å². The molecule has 38 heteroatoms. The third-order valence-corrected chi connectivity index (χ3v) is 38.9. The number of benzene rings is 4. The maximum absolute atomic E-state index is 12.7. The van der Waals surface area contributed by atoms with E-state index in [-0.39, 0.29) is 69.5 Å². The van der Waals surface area contributed by atoms with Gasteiger partial charge in [0, 0.05) is 72.7 Å². The van der Waals surface area contributed by atoms with Gasteiger partial charge in [0.15, 0.2) is 0 Å². The summed E-state index contributed by atoms with van der Waals surface area (Å²) >= 11 is 0. The Balaban J connectivity index is 0.000000191. The minimum atomic E-state index is -2.79. The van der Waals surface area contributed by atoms with Crippen LogP contribution in [0.3, 0.4) is 0 Å². The Kier molecular flexibility index (Phi) is 38.1. The monoisotopic (exact) mass is 1870 g/mol. The first-order chi connectivity index (χ1) is 58.0. The topological polar surface area (TPSA) is 352 Å². The normalized spacial score (nSPS) is 22.7. The molecule has 6 N–H and O–H groups in total. The van der Waals surface area contributed by atoms with Crippen LogP contribution in [-0.2, 0) is 46.7 Å². The minimum absolute atomic E-state index is 0.0505. The molecule has 0 unspecified atom stereocenters. The average molecular weight is 1870 g/mol. The van der Waals surface area contributed by atoms with Gasteiger partial charge in [-0.25, -0.2) is 19.2 Å². The Morgan fingerprint density at radius 2 is 0.574 bits per heavy atom. The van der Waals surface area contributed by atoms with E-state index in [1.165, 1.54) is 51.4 Å². The largest absolute Gasteiger partial charge is 0.405 e. The Hall–Kier alpha value is -5.65. The summed E-state index contributed by atoms with van der Waals surface area (Å²) in [6, 6.07) is 41.9. The van der Waals surface area contributed by atoms with Gasteiger partial charge in [-0.1, -0.05) is 249 Å². The van der Waals surface area contributed by atoms with Crippen molar-refractivity contribution in [3.8, 4) is 0 Å². The maximum Gasteiger partial charge on any atom is 0.330 e. The first kappa shape index (κ1) is 100. The molecule has 4 aromatic heterocycles. The highest BCUT2D eigenvalue weighted by Gasteiger charge is 2.54. The first-order valence-corrected chi connectivity index (χ1v) is 54.4.